The van der Waals surface area contributed by atoms with Crippen molar-refractivity contribution in [1.29, 1.82) is 0 Å². The van der Waals surface area contributed by atoms with Crippen molar-refractivity contribution in [1.82, 2.24) is 15.3 Å². The fourth-order valence-electron chi connectivity index (χ4n) is 3.61. The second-order valence-corrected chi connectivity index (χ2v) is 7.60. The first kappa shape index (κ1) is 28.0. The average Bonchev–Trinajstić information content (AvgIpc) is 3.21. The smallest absolute Gasteiger partial charge is 0.224 e. The maximum Gasteiger partial charge on any atom is 0.224 e. The molecule has 1 unspecified atom stereocenters. The van der Waals surface area contributed by atoms with E-state index < -0.39 is 0 Å². The summed E-state index contributed by atoms with van der Waals surface area (Å²) in [6.07, 6.45) is 11.4. The normalized spacial score (nSPS) is 17.1. The van der Waals surface area contributed by atoms with Gasteiger partial charge in [-0.15, -0.1) is 0 Å². The summed E-state index contributed by atoms with van der Waals surface area (Å²) in [5, 5.41) is 4.18. The molecule has 2 heterocycles. The number of aromatic nitrogens is 2. The minimum atomic E-state index is 0. The summed E-state index contributed by atoms with van der Waals surface area (Å²) in [5.74, 6) is 0.0426. The molecule has 1 aliphatic carbocycles. The fraction of sp³-hybridized carbons (Fsp3) is 0.440. The molecular weight excluding hydrogens is 581 g/mol. The molecule has 7 heteroatoms. The summed E-state index contributed by atoms with van der Waals surface area (Å²) in [6, 6.07) is 12.5. The van der Waals surface area contributed by atoms with E-state index in [0.717, 1.165) is 30.3 Å². The predicted molar refractivity (Wildman–Crippen MR) is 129 cm³/mol. The zero-order chi connectivity index (χ0) is 22.5. The number of hydrogen-bond acceptors (Lipinski definition) is 4. The summed E-state index contributed by atoms with van der Waals surface area (Å²) < 4.78 is 0. The summed E-state index contributed by atoms with van der Waals surface area (Å²) in [4.78, 5) is 19.1. The molecule has 0 aliphatic heterocycles. The standard InChI is InChI=1S/C17H17N3O.C6H14N2.C2H6.Pt/c21-17(11-13-5-8-18-9-6-13)19-10-7-14-12-20-16-4-2-1-3-15(14)16;7-5-3-1-2-4-6(5)8;1-2;/h1-6,8-9,12,20H,7,10-11H2,(H,19,21);5-6H,1-4,7-8H2;1-2H3;/t;5-,6?;;/m.1../s1. The molecule has 0 spiro atoms. The molecule has 1 saturated carbocycles. The van der Waals surface area contributed by atoms with Gasteiger partial charge in [-0.25, -0.2) is 0 Å². The van der Waals surface area contributed by atoms with Crippen molar-refractivity contribution in [3.05, 3.63) is 66.1 Å². The molecule has 2 atom stereocenters. The largest absolute Gasteiger partial charge is 0.361 e. The van der Waals surface area contributed by atoms with Gasteiger partial charge in [0.25, 0.3) is 0 Å². The average molecular weight is 619 g/mol. The number of carbonyl (C=O) groups excluding carboxylic acids is 1. The number of H-pyrrole nitrogens is 1. The Morgan fingerprint density at radius 1 is 1.06 bits per heavy atom. The van der Waals surface area contributed by atoms with Crippen molar-refractivity contribution in [2.45, 2.75) is 64.5 Å². The van der Waals surface area contributed by atoms with Crippen molar-refractivity contribution in [3.63, 3.8) is 0 Å². The zero-order valence-electron chi connectivity index (χ0n) is 19.1. The van der Waals surface area contributed by atoms with Gasteiger partial charge in [-0.2, -0.15) is 0 Å². The van der Waals surface area contributed by atoms with Crippen molar-refractivity contribution >= 4 is 16.8 Å². The number of pyridine rings is 1. The molecule has 2 aromatic heterocycles. The third kappa shape index (κ3) is 9.23. The molecule has 3 aromatic rings. The quantitative estimate of drug-likeness (QED) is 0.350. The second-order valence-electron chi connectivity index (χ2n) is 7.60. The van der Waals surface area contributed by atoms with Crippen LogP contribution in [0.15, 0.2) is 55.0 Å². The number of nitrogens with two attached hydrogens (primary N) is 2. The van der Waals surface area contributed by atoms with Gasteiger partial charge in [-0.05, 0) is 48.6 Å². The molecule has 1 fully saturated rings. The Hall–Kier alpha value is -2.01. The number of amides is 1. The van der Waals surface area contributed by atoms with Gasteiger partial charge in [0.05, 0.1) is 6.42 Å². The van der Waals surface area contributed by atoms with E-state index in [1.165, 1.54) is 23.8 Å². The molecule has 1 amide bonds. The van der Waals surface area contributed by atoms with Gasteiger partial charge in [0, 0.05) is 69.2 Å². The van der Waals surface area contributed by atoms with Crippen LogP contribution in [0.1, 0.15) is 50.7 Å². The Morgan fingerprint density at radius 2 is 1.69 bits per heavy atom. The Labute approximate surface area is 206 Å². The molecule has 1 aliphatic rings. The number of hydrogen-bond donors (Lipinski definition) is 4. The van der Waals surface area contributed by atoms with E-state index in [9.17, 15) is 4.79 Å². The number of nitrogens with zero attached hydrogens (tertiary/aromatic N) is 1. The first-order valence-corrected chi connectivity index (χ1v) is 11.3. The first-order valence-electron chi connectivity index (χ1n) is 11.3. The predicted octanol–water partition coefficient (Wildman–Crippen LogP) is 3.70. The molecule has 0 bridgehead atoms. The van der Waals surface area contributed by atoms with Gasteiger partial charge in [0.1, 0.15) is 0 Å². The molecular formula is C25H37N5OPt. The fourth-order valence-corrected chi connectivity index (χ4v) is 3.61. The van der Waals surface area contributed by atoms with E-state index in [0.29, 0.717) is 13.0 Å². The number of para-hydroxylation sites is 1. The summed E-state index contributed by atoms with van der Waals surface area (Å²) >= 11 is 0. The number of benzene rings is 1. The van der Waals surface area contributed by atoms with Crippen LogP contribution < -0.4 is 16.8 Å². The van der Waals surface area contributed by atoms with Crippen LogP contribution in [0.5, 0.6) is 0 Å². The van der Waals surface area contributed by atoms with E-state index >= 15 is 0 Å². The summed E-state index contributed by atoms with van der Waals surface area (Å²) in [5.41, 5.74) is 14.7. The molecule has 0 radical (unpaired) electrons. The van der Waals surface area contributed by atoms with Crippen molar-refractivity contribution in [3.8, 4) is 0 Å². The van der Waals surface area contributed by atoms with Gasteiger partial charge in [-0.3, -0.25) is 9.78 Å². The third-order valence-electron chi connectivity index (χ3n) is 5.38. The van der Waals surface area contributed by atoms with Gasteiger partial charge >= 0.3 is 0 Å². The zero-order valence-corrected chi connectivity index (χ0v) is 21.4. The SMILES string of the molecule is CC.NC1CCCC[C@H]1N.O=C(Cc1ccncc1)NCCc1c[nH]c2ccccc12.[Pt]. The van der Waals surface area contributed by atoms with Crippen molar-refractivity contribution < 1.29 is 25.9 Å². The summed E-state index contributed by atoms with van der Waals surface area (Å²) in [7, 11) is 0. The molecule has 0 saturated heterocycles. The third-order valence-corrected chi connectivity index (χ3v) is 5.38. The number of nitrogens with one attached hydrogen (secondary N) is 2. The van der Waals surface area contributed by atoms with E-state index in [1.807, 2.05) is 44.3 Å². The number of rotatable bonds is 5. The van der Waals surface area contributed by atoms with Crippen LogP contribution in [-0.2, 0) is 38.7 Å². The van der Waals surface area contributed by atoms with E-state index in [4.69, 9.17) is 11.5 Å². The van der Waals surface area contributed by atoms with E-state index in [1.54, 1.807) is 12.4 Å². The van der Waals surface area contributed by atoms with E-state index in [-0.39, 0.29) is 39.1 Å². The minimum Gasteiger partial charge on any atom is -0.361 e. The first-order chi connectivity index (χ1) is 15.1. The maximum absolute atomic E-state index is 11.9. The molecule has 4 rings (SSSR count). The van der Waals surface area contributed by atoms with E-state index in [2.05, 4.69) is 27.4 Å². The number of carbonyl (C=O) groups is 1. The van der Waals surface area contributed by atoms with Crippen LogP contribution in [0.3, 0.4) is 0 Å². The van der Waals surface area contributed by atoms with Gasteiger partial charge in [0.2, 0.25) is 5.91 Å². The monoisotopic (exact) mass is 618 g/mol. The van der Waals surface area contributed by atoms with Crippen LogP contribution >= 0.6 is 0 Å². The maximum atomic E-state index is 11.9. The molecule has 1 aromatic carbocycles. The Bertz CT molecular complexity index is 889. The van der Waals surface area contributed by atoms with Crippen LogP contribution in [0.25, 0.3) is 10.9 Å². The van der Waals surface area contributed by atoms with Crippen LogP contribution in [0.4, 0.5) is 0 Å². The van der Waals surface area contributed by atoms with Crippen LogP contribution in [-0.4, -0.2) is 34.5 Å². The Morgan fingerprint density at radius 3 is 2.31 bits per heavy atom. The Kier molecular flexibility index (Phi) is 13.8. The second kappa shape index (κ2) is 15.7. The molecule has 178 valence electrons. The molecule has 6 nitrogen and oxygen atoms in total. The molecule has 6 N–H and O–H groups in total. The molecule has 32 heavy (non-hydrogen) atoms. The van der Waals surface area contributed by atoms with Gasteiger partial charge in [0.15, 0.2) is 0 Å². The van der Waals surface area contributed by atoms with Gasteiger partial charge in [-0.1, -0.05) is 44.9 Å². The van der Waals surface area contributed by atoms with Crippen LogP contribution in [0.2, 0.25) is 0 Å². The number of aromatic amines is 1. The minimum absolute atomic E-state index is 0. The van der Waals surface area contributed by atoms with Crippen LogP contribution in [0, 0.1) is 0 Å². The Balaban J connectivity index is 0.000000393. The van der Waals surface area contributed by atoms with Crippen molar-refractivity contribution in [2.24, 2.45) is 11.5 Å². The van der Waals surface area contributed by atoms with Crippen molar-refractivity contribution in [2.75, 3.05) is 6.54 Å². The number of fused-ring (bicyclic) bond motifs is 1. The van der Waals surface area contributed by atoms with Gasteiger partial charge < -0.3 is 21.8 Å². The topological polar surface area (TPSA) is 110 Å². The summed E-state index contributed by atoms with van der Waals surface area (Å²) in [6.45, 7) is 4.64.